The van der Waals surface area contributed by atoms with Gasteiger partial charge in [0.05, 0.1) is 18.7 Å². The number of hydrogen-bond donors (Lipinski definition) is 1. The van der Waals surface area contributed by atoms with Gasteiger partial charge in [0.25, 0.3) is 5.91 Å². The highest BCUT2D eigenvalue weighted by atomic mass is 19.1. The van der Waals surface area contributed by atoms with Crippen molar-refractivity contribution in [2.45, 2.75) is 32.7 Å². The maximum absolute atomic E-state index is 13.9. The van der Waals surface area contributed by atoms with Gasteiger partial charge in [-0.15, -0.1) is 0 Å². The molecule has 6 nitrogen and oxygen atoms in total. The first-order chi connectivity index (χ1) is 17.8. The molecule has 4 rings (SSSR count). The van der Waals surface area contributed by atoms with Gasteiger partial charge in [-0.25, -0.2) is 13.6 Å². The Morgan fingerprint density at radius 3 is 2.43 bits per heavy atom. The predicted molar refractivity (Wildman–Crippen MR) is 134 cm³/mol. The Labute approximate surface area is 213 Å². The minimum Gasteiger partial charge on any atom is -0.463 e. The molecule has 1 unspecified atom stereocenters. The number of hydrogen-bond acceptors (Lipinski definition) is 4. The SMILES string of the molecule is CCOC(=O)C1=C(C)N(Cc2cccc(C(=O)Nc3ccc(F)cc3)c2)C(=O)CC1c1cccc(F)c1. The molecule has 3 aromatic rings. The van der Waals surface area contributed by atoms with Gasteiger partial charge in [0, 0.05) is 29.3 Å². The third kappa shape index (κ3) is 5.91. The normalized spacial score (nSPS) is 15.5. The number of rotatable bonds is 7. The number of carbonyl (C=O) groups excluding carboxylic acids is 3. The standard InChI is InChI=1S/C29H26F2N2O4/c1-3-37-29(36)27-18(2)33(26(34)16-25(27)20-7-5-9-23(31)15-20)17-19-6-4-8-21(14-19)28(35)32-24-12-10-22(30)11-13-24/h4-15,25H,3,16-17H2,1-2H3,(H,32,35). The van der Waals surface area contributed by atoms with Crippen LogP contribution in [0.5, 0.6) is 0 Å². The molecule has 0 aromatic heterocycles. The predicted octanol–water partition coefficient (Wildman–Crippen LogP) is 5.57. The molecular weight excluding hydrogens is 478 g/mol. The van der Waals surface area contributed by atoms with Crippen molar-refractivity contribution in [1.82, 2.24) is 4.90 Å². The molecule has 0 saturated carbocycles. The number of carbonyl (C=O) groups is 3. The average Bonchev–Trinajstić information content (AvgIpc) is 2.88. The van der Waals surface area contributed by atoms with E-state index in [2.05, 4.69) is 5.32 Å². The van der Waals surface area contributed by atoms with Crippen molar-refractivity contribution in [1.29, 1.82) is 0 Å². The topological polar surface area (TPSA) is 75.7 Å². The quantitative estimate of drug-likeness (QED) is 0.427. The minimum atomic E-state index is -0.633. The van der Waals surface area contributed by atoms with Crippen molar-refractivity contribution in [3.8, 4) is 0 Å². The molecule has 0 saturated heterocycles. The molecule has 3 aromatic carbocycles. The van der Waals surface area contributed by atoms with Crippen LogP contribution in [0.2, 0.25) is 0 Å². The molecule has 37 heavy (non-hydrogen) atoms. The third-order valence-corrected chi connectivity index (χ3v) is 6.20. The van der Waals surface area contributed by atoms with Crippen LogP contribution in [0.4, 0.5) is 14.5 Å². The van der Waals surface area contributed by atoms with Crippen molar-refractivity contribution < 1.29 is 27.9 Å². The summed E-state index contributed by atoms with van der Waals surface area (Å²) in [6.45, 7) is 3.64. The molecule has 0 fully saturated rings. The van der Waals surface area contributed by atoms with Crippen LogP contribution < -0.4 is 5.32 Å². The smallest absolute Gasteiger partial charge is 0.336 e. The van der Waals surface area contributed by atoms with E-state index < -0.39 is 23.5 Å². The van der Waals surface area contributed by atoms with E-state index in [1.165, 1.54) is 41.3 Å². The Bertz CT molecular complexity index is 1370. The van der Waals surface area contributed by atoms with E-state index in [0.717, 1.165) is 0 Å². The summed E-state index contributed by atoms with van der Waals surface area (Å²) in [5.41, 5.74) is 2.73. The molecule has 1 aliphatic heterocycles. The molecule has 1 N–H and O–H groups in total. The molecule has 1 atom stereocenters. The van der Waals surface area contributed by atoms with E-state index in [0.29, 0.717) is 33.6 Å². The van der Waals surface area contributed by atoms with Crippen LogP contribution in [0.1, 0.15) is 47.7 Å². The lowest BCUT2D eigenvalue weighted by molar-refractivity contribution is -0.140. The Morgan fingerprint density at radius 2 is 1.73 bits per heavy atom. The fourth-order valence-corrected chi connectivity index (χ4v) is 4.41. The fourth-order valence-electron chi connectivity index (χ4n) is 4.41. The zero-order valence-electron chi connectivity index (χ0n) is 20.5. The average molecular weight is 505 g/mol. The summed E-state index contributed by atoms with van der Waals surface area (Å²) in [7, 11) is 0. The lowest BCUT2D eigenvalue weighted by Crippen LogP contribution is -2.38. The van der Waals surface area contributed by atoms with E-state index >= 15 is 0 Å². The van der Waals surface area contributed by atoms with E-state index in [1.54, 1.807) is 50.2 Å². The van der Waals surface area contributed by atoms with Gasteiger partial charge in [0.2, 0.25) is 5.91 Å². The summed E-state index contributed by atoms with van der Waals surface area (Å²) in [5.74, 6) is -2.67. The summed E-state index contributed by atoms with van der Waals surface area (Å²) in [6.07, 6.45) is -0.0281. The summed E-state index contributed by atoms with van der Waals surface area (Å²) in [6, 6.07) is 18.0. The first-order valence-corrected chi connectivity index (χ1v) is 11.9. The van der Waals surface area contributed by atoms with Gasteiger partial charge >= 0.3 is 5.97 Å². The zero-order valence-corrected chi connectivity index (χ0v) is 20.5. The van der Waals surface area contributed by atoms with Crippen LogP contribution in [0.3, 0.4) is 0 Å². The van der Waals surface area contributed by atoms with Crippen molar-refractivity contribution in [2.24, 2.45) is 0 Å². The van der Waals surface area contributed by atoms with Crippen LogP contribution in [0.25, 0.3) is 0 Å². The summed E-state index contributed by atoms with van der Waals surface area (Å²) < 4.78 is 32.4. The minimum absolute atomic E-state index is 0.0281. The second-order valence-corrected chi connectivity index (χ2v) is 8.67. The lowest BCUT2D eigenvalue weighted by atomic mass is 9.83. The lowest BCUT2D eigenvalue weighted by Gasteiger charge is -2.34. The van der Waals surface area contributed by atoms with E-state index in [1.807, 2.05) is 0 Å². The molecule has 0 spiro atoms. The Morgan fingerprint density at radius 1 is 1.00 bits per heavy atom. The number of amides is 2. The number of halogens is 2. The Hall–Kier alpha value is -4.33. The Balaban J connectivity index is 1.61. The number of esters is 1. The summed E-state index contributed by atoms with van der Waals surface area (Å²) in [4.78, 5) is 40.4. The Kier molecular flexibility index (Phi) is 7.77. The van der Waals surface area contributed by atoms with Crippen LogP contribution in [-0.4, -0.2) is 29.3 Å². The van der Waals surface area contributed by atoms with Gasteiger partial charge in [-0.1, -0.05) is 24.3 Å². The zero-order chi connectivity index (χ0) is 26.5. The van der Waals surface area contributed by atoms with Crippen LogP contribution in [0.15, 0.2) is 84.1 Å². The van der Waals surface area contributed by atoms with Crippen LogP contribution >= 0.6 is 0 Å². The monoisotopic (exact) mass is 504 g/mol. The van der Waals surface area contributed by atoms with Gasteiger partial charge in [-0.05, 0) is 73.5 Å². The molecule has 8 heteroatoms. The second kappa shape index (κ2) is 11.2. The molecule has 0 aliphatic carbocycles. The van der Waals surface area contributed by atoms with E-state index in [4.69, 9.17) is 4.74 Å². The van der Waals surface area contributed by atoms with Gasteiger partial charge in [0.15, 0.2) is 0 Å². The number of benzene rings is 3. The van der Waals surface area contributed by atoms with Gasteiger partial charge < -0.3 is 15.0 Å². The maximum Gasteiger partial charge on any atom is 0.336 e. The van der Waals surface area contributed by atoms with Gasteiger partial charge in [-0.3, -0.25) is 9.59 Å². The number of allylic oxidation sites excluding steroid dienone is 1. The summed E-state index contributed by atoms with van der Waals surface area (Å²) in [5, 5.41) is 2.71. The molecule has 2 amide bonds. The number of nitrogens with zero attached hydrogens (tertiary/aromatic N) is 1. The highest BCUT2D eigenvalue weighted by Crippen LogP contribution is 2.38. The van der Waals surface area contributed by atoms with Crippen molar-refractivity contribution in [3.63, 3.8) is 0 Å². The first-order valence-electron chi connectivity index (χ1n) is 11.9. The van der Waals surface area contributed by atoms with Gasteiger partial charge in [-0.2, -0.15) is 0 Å². The number of anilines is 1. The van der Waals surface area contributed by atoms with Gasteiger partial charge in [0.1, 0.15) is 11.6 Å². The van der Waals surface area contributed by atoms with Crippen LogP contribution in [-0.2, 0) is 20.9 Å². The van der Waals surface area contributed by atoms with E-state index in [9.17, 15) is 23.2 Å². The second-order valence-electron chi connectivity index (χ2n) is 8.67. The molecule has 1 heterocycles. The number of ether oxygens (including phenoxy) is 1. The van der Waals surface area contributed by atoms with Crippen molar-refractivity contribution in [3.05, 3.63) is 112 Å². The first kappa shape index (κ1) is 25.8. The molecule has 190 valence electrons. The molecule has 0 radical (unpaired) electrons. The van der Waals surface area contributed by atoms with Crippen LogP contribution in [0, 0.1) is 11.6 Å². The molecule has 0 bridgehead atoms. The van der Waals surface area contributed by atoms with Crippen molar-refractivity contribution in [2.75, 3.05) is 11.9 Å². The van der Waals surface area contributed by atoms with E-state index in [-0.39, 0.29) is 31.4 Å². The highest BCUT2D eigenvalue weighted by molar-refractivity contribution is 6.04. The summed E-state index contributed by atoms with van der Waals surface area (Å²) >= 11 is 0. The molecular formula is C29H26F2N2O4. The highest BCUT2D eigenvalue weighted by Gasteiger charge is 2.37. The molecule has 1 aliphatic rings. The fraction of sp³-hybridized carbons (Fsp3) is 0.207. The maximum atomic E-state index is 13.9. The largest absolute Gasteiger partial charge is 0.463 e. The third-order valence-electron chi connectivity index (χ3n) is 6.20. The van der Waals surface area contributed by atoms with Crippen molar-refractivity contribution >= 4 is 23.5 Å². The number of nitrogens with one attached hydrogen (secondary N) is 1.